The maximum Gasteiger partial charge on any atom is 0.234 e. The van der Waals surface area contributed by atoms with Crippen LogP contribution in [0.2, 0.25) is 0 Å². The Labute approximate surface area is 175 Å². The summed E-state index contributed by atoms with van der Waals surface area (Å²) in [6, 6.07) is 16.6. The van der Waals surface area contributed by atoms with Gasteiger partial charge in [0.1, 0.15) is 5.82 Å². The second-order valence-electron chi connectivity index (χ2n) is 7.60. The summed E-state index contributed by atoms with van der Waals surface area (Å²) in [6.07, 6.45) is 1.11. The number of hydrogen-bond donors (Lipinski definition) is 1. The molecule has 1 fully saturated rings. The summed E-state index contributed by atoms with van der Waals surface area (Å²) in [5, 5.41) is 12.7. The van der Waals surface area contributed by atoms with Crippen molar-refractivity contribution < 1.29 is 4.79 Å². The van der Waals surface area contributed by atoms with Crippen LogP contribution in [-0.2, 0) is 11.3 Å². The largest absolute Gasteiger partial charge is 0.325 e. The number of amides is 1. The van der Waals surface area contributed by atoms with Crippen LogP contribution in [0.25, 0.3) is 0 Å². The van der Waals surface area contributed by atoms with Crippen molar-refractivity contribution in [2.45, 2.75) is 50.7 Å². The van der Waals surface area contributed by atoms with E-state index in [-0.39, 0.29) is 5.91 Å². The lowest BCUT2D eigenvalue weighted by Crippen LogP contribution is -2.15. The third-order valence-corrected chi connectivity index (χ3v) is 6.41. The highest BCUT2D eigenvalue weighted by Crippen LogP contribution is 2.54. The molecule has 0 radical (unpaired) electrons. The smallest absolute Gasteiger partial charge is 0.234 e. The number of benzene rings is 2. The molecule has 1 saturated carbocycles. The first-order valence-electron chi connectivity index (χ1n) is 10.0. The first-order valence-corrected chi connectivity index (χ1v) is 11.0. The maximum atomic E-state index is 12.4. The number of thioether (sulfide) groups is 1. The molecule has 1 amide bonds. The summed E-state index contributed by atoms with van der Waals surface area (Å²) < 4.78 is 2.16. The predicted octanol–water partition coefficient (Wildman–Crippen LogP) is 4.92. The van der Waals surface area contributed by atoms with Gasteiger partial charge in [0, 0.05) is 18.2 Å². The number of nitrogens with zero attached hydrogens (tertiary/aromatic N) is 3. The zero-order valence-electron chi connectivity index (χ0n) is 17.1. The van der Waals surface area contributed by atoms with E-state index in [9.17, 15) is 4.79 Å². The fraction of sp³-hybridized carbons (Fsp3) is 0.348. The molecule has 1 aliphatic rings. The van der Waals surface area contributed by atoms with Gasteiger partial charge in [0.05, 0.1) is 5.75 Å². The van der Waals surface area contributed by atoms with Crippen molar-refractivity contribution in [1.82, 2.24) is 14.8 Å². The molecule has 4 rings (SSSR count). The van der Waals surface area contributed by atoms with Gasteiger partial charge >= 0.3 is 0 Å². The Morgan fingerprint density at radius 3 is 2.59 bits per heavy atom. The normalized spacial score (nSPS) is 17.9. The van der Waals surface area contributed by atoms with Crippen molar-refractivity contribution in [2.24, 2.45) is 0 Å². The van der Waals surface area contributed by atoms with Gasteiger partial charge in [-0.2, -0.15) is 0 Å². The Morgan fingerprint density at radius 2 is 1.86 bits per heavy atom. The standard InChI is InChI=1S/C23H26N4OS/c1-4-27-22(19-13-18(19)17-11-9-15(2)10-12-17)25-26-23(27)29-14-21(28)24-20-8-6-5-7-16(20)3/h5-12,18-19H,4,13-14H2,1-3H3,(H,24,28)/t18-,19-/m0/s1. The molecule has 150 valence electrons. The molecule has 2 aromatic carbocycles. The molecule has 0 unspecified atom stereocenters. The lowest BCUT2D eigenvalue weighted by atomic mass is 10.1. The van der Waals surface area contributed by atoms with Crippen LogP contribution in [0.5, 0.6) is 0 Å². The van der Waals surface area contributed by atoms with Crippen molar-refractivity contribution in [3.63, 3.8) is 0 Å². The third-order valence-electron chi connectivity index (χ3n) is 5.44. The summed E-state index contributed by atoms with van der Waals surface area (Å²) in [5.41, 5.74) is 4.57. The van der Waals surface area contributed by atoms with Gasteiger partial charge in [-0.15, -0.1) is 10.2 Å². The number of aryl methyl sites for hydroxylation is 2. The van der Waals surface area contributed by atoms with E-state index in [1.165, 1.54) is 22.9 Å². The van der Waals surface area contributed by atoms with Crippen LogP contribution in [-0.4, -0.2) is 26.4 Å². The molecule has 1 N–H and O–H groups in total. The van der Waals surface area contributed by atoms with E-state index in [0.29, 0.717) is 17.6 Å². The van der Waals surface area contributed by atoms with Crippen LogP contribution in [0, 0.1) is 13.8 Å². The summed E-state index contributed by atoms with van der Waals surface area (Å²) in [5.74, 6) is 2.27. The molecule has 29 heavy (non-hydrogen) atoms. The average molecular weight is 407 g/mol. The Hall–Kier alpha value is -2.60. The van der Waals surface area contributed by atoms with Gasteiger partial charge in [-0.1, -0.05) is 59.8 Å². The molecular formula is C23H26N4OS. The number of carbonyl (C=O) groups is 1. The Kier molecular flexibility index (Phi) is 5.72. The summed E-state index contributed by atoms with van der Waals surface area (Å²) >= 11 is 1.45. The molecule has 1 aliphatic carbocycles. The number of para-hydroxylation sites is 1. The van der Waals surface area contributed by atoms with E-state index in [0.717, 1.165) is 35.2 Å². The van der Waals surface area contributed by atoms with Crippen molar-refractivity contribution >= 4 is 23.4 Å². The summed E-state index contributed by atoms with van der Waals surface area (Å²) in [7, 11) is 0. The highest BCUT2D eigenvalue weighted by molar-refractivity contribution is 7.99. The fourth-order valence-electron chi connectivity index (χ4n) is 3.67. The first-order chi connectivity index (χ1) is 14.1. The van der Waals surface area contributed by atoms with Gasteiger partial charge in [0.25, 0.3) is 0 Å². The van der Waals surface area contributed by atoms with Crippen LogP contribution in [0.1, 0.15) is 47.7 Å². The zero-order chi connectivity index (χ0) is 20.4. The lowest BCUT2D eigenvalue weighted by molar-refractivity contribution is -0.113. The highest BCUT2D eigenvalue weighted by atomic mass is 32.2. The number of hydrogen-bond acceptors (Lipinski definition) is 4. The summed E-state index contributed by atoms with van der Waals surface area (Å²) in [6.45, 7) is 7.01. The van der Waals surface area contributed by atoms with Crippen LogP contribution in [0.4, 0.5) is 5.69 Å². The number of nitrogens with one attached hydrogen (secondary N) is 1. The van der Waals surface area contributed by atoms with Crippen molar-refractivity contribution in [2.75, 3.05) is 11.1 Å². The van der Waals surface area contributed by atoms with Crippen LogP contribution in [0.15, 0.2) is 53.7 Å². The van der Waals surface area contributed by atoms with Gasteiger partial charge in [-0.05, 0) is 50.3 Å². The molecule has 3 aromatic rings. The quantitative estimate of drug-likeness (QED) is 0.566. The molecule has 0 aliphatic heterocycles. The van der Waals surface area contributed by atoms with E-state index in [2.05, 4.69) is 58.2 Å². The second kappa shape index (κ2) is 8.41. The Balaban J connectivity index is 1.40. The van der Waals surface area contributed by atoms with E-state index >= 15 is 0 Å². The van der Waals surface area contributed by atoms with Crippen molar-refractivity contribution in [1.29, 1.82) is 0 Å². The van der Waals surface area contributed by atoms with Gasteiger partial charge < -0.3 is 9.88 Å². The molecular weight excluding hydrogens is 380 g/mol. The average Bonchev–Trinajstić information content (AvgIpc) is 3.40. The van der Waals surface area contributed by atoms with Gasteiger partial charge in [-0.25, -0.2) is 0 Å². The maximum absolute atomic E-state index is 12.4. The van der Waals surface area contributed by atoms with Gasteiger partial charge in [0.2, 0.25) is 5.91 Å². The van der Waals surface area contributed by atoms with Gasteiger partial charge in [-0.3, -0.25) is 4.79 Å². The van der Waals surface area contributed by atoms with E-state index in [1.54, 1.807) is 0 Å². The van der Waals surface area contributed by atoms with Crippen molar-refractivity contribution in [3.8, 4) is 0 Å². The van der Waals surface area contributed by atoms with E-state index in [4.69, 9.17) is 0 Å². The molecule has 6 heteroatoms. The first kappa shape index (κ1) is 19.7. The topological polar surface area (TPSA) is 59.8 Å². The molecule has 2 atom stereocenters. The number of rotatable bonds is 7. The highest BCUT2D eigenvalue weighted by Gasteiger charge is 2.43. The lowest BCUT2D eigenvalue weighted by Gasteiger charge is -2.09. The summed E-state index contributed by atoms with van der Waals surface area (Å²) in [4.78, 5) is 12.4. The molecule has 1 heterocycles. The Bertz CT molecular complexity index is 1010. The van der Waals surface area contributed by atoms with Crippen LogP contribution in [0.3, 0.4) is 0 Å². The molecule has 0 bridgehead atoms. The van der Waals surface area contributed by atoms with Crippen molar-refractivity contribution in [3.05, 3.63) is 71.0 Å². The zero-order valence-corrected chi connectivity index (χ0v) is 17.9. The van der Waals surface area contributed by atoms with E-state index < -0.39 is 0 Å². The number of aromatic nitrogens is 3. The van der Waals surface area contributed by atoms with Crippen LogP contribution < -0.4 is 5.32 Å². The molecule has 0 spiro atoms. The Morgan fingerprint density at radius 1 is 1.10 bits per heavy atom. The monoisotopic (exact) mass is 406 g/mol. The molecule has 1 aromatic heterocycles. The van der Waals surface area contributed by atoms with Crippen LogP contribution >= 0.6 is 11.8 Å². The number of carbonyl (C=O) groups excluding carboxylic acids is 1. The molecule has 0 saturated heterocycles. The molecule has 5 nitrogen and oxygen atoms in total. The predicted molar refractivity (Wildman–Crippen MR) is 118 cm³/mol. The fourth-order valence-corrected chi connectivity index (χ4v) is 4.48. The van der Waals surface area contributed by atoms with Gasteiger partial charge in [0.15, 0.2) is 5.16 Å². The third kappa shape index (κ3) is 4.37. The van der Waals surface area contributed by atoms with E-state index in [1.807, 2.05) is 31.2 Å². The minimum absolute atomic E-state index is 0.0274. The SMILES string of the molecule is CCn1c(SCC(=O)Nc2ccccc2C)nnc1[C@H]1C[C@H]1c1ccc(C)cc1. The minimum atomic E-state index is -0.0274. The minimum Gasteiger partial charge on any atom is -0.325 e. The second-order valence-corrected chi connectivity index (χ2v) is 8.54. The number of anilines is 1.